The van der Waals surface area contributed by atoms with Crippen molar-refractivity contribution in [2.24, 2.45) is 0 Å². The third kappa shape index (κ3) is 1.60. The summed E-state index contributed by atoms with van der Waals surface area (Å²) in [6.45, 7) is 4.64. The molecule has 1 aromatic carbocycles. The fraction of sp³-hybridized carbons (Fsp3) is 0.167. The number of benzene rings is 1. The van der Waals surface area contributed by atoms with Crippen LogP contribution >= 0.6 is 0 Å². The Morgan fingerprint density at radius 3 is 2.86 bits per heavy atom. The van der Waals surface area contributed by atoms with Crippen LogP contribution < -0.4 is 5.23 Å². The average Bonchev–Trinajstić information content (AvgIpc) is 2.19. The molecule has 0 bridgehead atoms. The molecule has 2 rings (SSSR count). The maximum atomic E-state index is 3.48. The van der Waals surface area contributed by atoms with Crippen LogP contribution in [0.2, 0.25) is 6.82 Å². The highest BCUT2D eigenvalue weighted by molar-refractivity contribution is 6.71. The summed E-state index contributed by atoms with van der Waals surface area (Å²) in [4.78, 5) is 0. The van der Waals surface area contributed by atoms with Crippen LogP contribution in [-0.4, -0.2) is 6.85 Å². The maximum absolute atomic E-state index is 3.48. The predicted octanol–water partition coefficient (Wildman–Crippen LogP) is 3.23. The van der Waals surface area contributed by atoms with Gasteiger partial charge in [0.05, 0.1) is 0 Å². The number of hydrogen-bond donors (Lipinski definition) is 1. The zero-order chi connectivity index (χ0) is 9.97. The lowest BCUT2D eigenvalue weighted by atomic mass is 9.55. The van der Waals surface area contributed by atoms with Crippen LogP contribution in [0, 0.1) is 0 Å². The van der Waals surface area contributed by atoms with E-state index in [1.807, 2.05) is 6.92 Å². The molecule has 0 amide bonds. The summed E-state index contributed by atoms with van der Waals surface area (Å²) in [6, 6.07) is 8.39. The lowest BCUT2D eigenvalue weighted by molar-refractivity contribution is 1.56. The molecule has 1 aromatic rings. The molecule has 14 heavy (non-hydrogen) atoms. The summed E-state index contributed by atoms with van der Waals surface area (Å²) >= 11 is 0. The first-order valence-electron chi connectivity index (χ1n) is 5.01. The van der Waals surface area contributed by atoms with Crippen LogP contribution in [0.5, 0.6) is 0 Å². The van der Waals surface area contributed by atoms with Crippen LogP contribution in [0.15, 0.2) is 41.9 Å². The zero-order valence-corrected chi connectivity index (χ0v) is 8.62. The Labute approximate surface area is 85.6 Å². The molecule has 0 aliphatic carbocycles. The standard InChI is InChI=1S/C12H14BN/c1-3-6-11-9-10-7-4-5-8-12(10)14-13(11)2/h3-9,14H,1-2H3/b6-3+. The van der Waals surface area contributed by atoms with E-state index in [4.69, 9.17) is 0 Å². The smallest absolute Gasteiger partial charge is 0.282 e. The SMILES string of the molecule is C/C=C/C1=Cc2ccccc2NB1C. The summed E-state index contributed by atoms with van der Waals surface area (Å²) in [7, 11) is 0. The quantitative estimate of drug-likeness (QED) is 0.659. The molecule has 0 unspecified atom stereocenters. The van der Waals surface area contributed by atoms with Crippen LogP contribution in [0.1, 0.15) is 12.5 Å². The molecule has 0 spiro atoms. The second-order valence-electron chi connectivity index (χ2n) is 3.60. The van der Waals surface area contributed by atoms with Crippen molar-refractivity contribution in [2.45, 2.75) is 13.7 Å². The third-order valence-electron chi connectivity index (χ3n) is 2.51. The number of nitrogens with one attached hydrogen (secondary N) is 1. The van der Waals surface area contributed by atoms with Gasteiger partial charge in [0.1, 0.15) is 0 Å². The van der Waals surface area contributed by atoms with Crippen molar-refractivity contribution in [1.82, 2.24) is 0 Å². The van der Waals surface area contributed by atoms with E-state index in [2.05, 4.69) is 54.5 Å². The van der Waals surface area contributed by atoms with Crippen LogP contribution in [0.3, 0.4) is 0 Å². The van der Waals surface area contributed by atoms with Crippen molar-refractivity contribution < 1.29 is 0 Å². The molecule has 1 nitrogen and oxygen atoms in total. The molecular formula is C12H14BN. The second kappa shape index (κ2) is 3.75. The summed E-state index contributed by atoms with van der Waals surface area (Å²) in [5, 5.41) is 3.48. The number of rotatable bonds is 1. The average molecular weight is 183 g/mol. The number of hydrogen-bond acceptors (Lipinski definition) is 1. The summed E-state index contributed by atoms with van der Waals surface area (Å²) in [6.07, 6.45) is 6.49. The molecule has 0 saturated heterocycles. The third-order valence-corrected chi connectivity index (χ3v) is 2.51. The molecule has 0 aromatic heterocycles. The van der Waals surface area contributed by atoms with Gasteiger partial charge in [-0.2, -0.15) is 0 Å². The lowest BCUT2D eigenvalue weighted by Crippen LogP contribution is -2.26. The lowest BCUT2D eigenvalue weighted by Gasteiger charge is -2.21. The zero-order valence-electron chi connectivity index (χ0n) is 8.62. The monoisotopic (exact) mass is 183 g/mol. The summed E-state index contributed by atoms with van der Waals surface area (Å²) in [5.41, 5.74) is 3.85. The van der Waals surface area contributed by atoms with Gasteiger partial charge in [-0.15, -0.1) is 0 Å². The van der Waals surface area contributed by atoms with E-state index in [-0.39, 0.29) is 0 Å². The molecule has 0 radical (unpaired) electrons. The van der Waals surface area contributed by atoms with Gasteiger partial charge in [-0.3, -0.25) is 0 Å². The predicted molar refractivity (Wildman–Crippen MR) is 64.5 cm³/mol. The summed E-state index contributed by atoms with van der Waals surface area (Å²) in [5.74, 6) is 0. The van der Waals surface area contributed by atoms with Crippen molar-refractivity contribution in [2.75, 3.05) is 5.23 Å². The first-order chi connectivity index (χ1) is 6.81. The van der Waals surface area contributed by atoms with Gasteiger partial charge < -0.3 is 5.23 Å². The first-order valence-corrected chi connectivity index (χ1v) is 5.01. The van der Waals surface area contributed by atoms with E-state index in [1.165, 1.54) is 16.7 Å². The Bertz CT molecular complexity index is 393. The Balaban J connectivity index is 2.43. The molecule has 70 valence electrons. The van der Waals surface area contributed by atoms with Crippen molar-refractivity contribution in [1.29, 1.82) is 0 Å². The van der Waals surface area contributed by atoms with Crippen LogP contribution in [0.4, 0.5) is 5.69 Å². The van der Waals surface area contributed by atoms with Crippen molar-refractivity contribution in [3.63, 3.8) is 0 Å². The first kappa shape index (κ1) is 9.13. The van der Waals surface area contributed by atoms with Gasteiger partial charge >= 0.3 is 0 Å². The molecule has 1 heterocycles. The van der Waals surface area contributed by atoms with E-state index in [1.54, 1.807) is 0 Å². The van der Waals surface area contributed by atoms with Crippen molar-refractivity contribution in [3.8, 4) is 0 Å². The molecule has 0 atom stereocenters. The van der Waals surface area contributed by atoms with Gasteiger partial charge in [-0.1, -0.05) is 48.7 Å². The van der Waals surface area contributed by atoms with Crippen LogP contribution in [0.25, 0.3) is 6.08 Å². The van der Waals surface area contributed by atoms with Gasteiger partial charge in [0, 0.05) is 5.69 Å². The molecule has 1 aliphatic rings. The van der Waals surface area contributed by atoms with E-state index in [0.29, 0.717) is 6.85 Å². The number of allylic oxidation sites excluding steroid dienone is 3. The van der Waals surface area contributed by atoms with Gasteiger partial charge in [0.25, 0.3) is 6.85 Å². The molecule has 1 N–H and O–H groups in total. The molecule has 1 aliphatic heterocycles. The highest BCUT2D eigenvalue weighted by Crippen LogP contribution is 2.25. The molecular weight excluding hydrogens is 169 g/mol. The minimum Gasteiger partial charge on any atom is -0.424 e. The molecule has 2 heteroatoms. The Hall–Kier alpha value is -1.44. The summed E-state index contributed by atoms with van der Waals surface area (Å²) < 4.78 is 0. The topological polar surface area (TPSA) is 12.0 Å². The largest absolute Gasteiger partial charge is 0.424 e. The minimum atomic E-state index is 0.404. The number of fused-ring (bicyclic) bond motifs is 1. The van der Waals surface area contributed by atoms with Crippen molar-refractivity contribution in [3.05, 3.63) is 47.5 Å². The second-order valence-corrected chi connectivity index (χ2v) is 3.60. The van der Waals surface area contributed by atoms with Gasteiger partial charge in [-0.25, -0.2) is 0 Å². The van der Waals surface area contributed by atoms with E-state index < -0.39 is 0 Å². The van der Waals surface area contributed by atoms with Crippen LogP contribution in [-0.2, 0) is 0 Å². The Kier molecular flexibility index (Phi) is 2.44. The van der Waals surface area contributed by atoms with E-state index in [9.17, 15) is 0 Å². The van der Waals surface area contributed by atoms with Gasteiger partial charge in [-0.05, 0) is 18.6 Å². The Morgan fingerprint density at radius 1 is 1.29 bits per heavy atom. The normalized spacial score (nSPS) is 15.0. The highest BCUT2D eigenvalue weighted by atomic mass is 14.8. The van der Waals surface area contributed by atoms with Crippen molar-refractivity contribution >= 4 is 18.6 Å². The minimum absolute atomic E-state index is 0.404. The molecule has 0 saturated carbocycles. The highest BCUT2D eigenvalue weighted by Gasteiger charge is 2.17. The fourth-order valence-electron chi connectivity index (χ4n) is 1.76. The van der Waals surface area contributed by atoms with E-state index >= 15 is 0 Å². The number of anilines is 1. The van der Waals surface area contributed by atoms with E-state index in [0.717, 1.165) is 0 Å². The fourth-order valence-corrected chi connectivity index (χ4v) is 1.76. The molecule has 0 fully saturated rings. The van der Waals surface area contributed by atoms with Gasteiger partial charge in [0.15, 0.2) is 0 Å². The van der Waals surface area contributed by atoms with Gasteiger partial charge in [0.2, 0.25) is 0 Å². The Morgan fingerprint density at radius 2 is 2.07 bits per heavy atom. The maximum Gasteiger partial charge on any atom is 0.282 e. The number of para-hydroxylation sites is 1.